The van der Waals surface area contributed by atoms with E-state index in [4.69, 9.17) is 4.74 Å². The molecule has 0 saturated carbocycles. The number of nitrogens with zero attached hydrogens (tertiary/aromatic N) is 3. The molecular formula is C12H21N3O2. The normalized spacial score (nSPS) is 20.2. The Morgan fingerprint density at radius 1 is 1.53 bits per heavy atom. The Kier molecular flexibility index (Phi) is 3.69. The van der Waals surface area contributed by atoms with E-state index in [2.05, 4.69) is 10.00 Å². The Hall–Kier alpha value is -1.07. The van der Waals surface area contributed by atoms with Gasteiger partial charge in [-0.2, -0.15) is 5.10 Å². The maximum absolute atomic E-state index is 9.44. The van der Waals surface area contributed by atoms with Crippen LogP contribution in [0.4, 0.5) is 5.82 Å². The zero-order valence-electron chi connectivity index (χ0n) is 10.8. The van der Waals surface area contributed by atoms with Crippen molar-refractivity contribution in [2.45, 2.75) is 20.0 Å². The average molecular weight is 239 g/mol. The highest BCUT2D eigenvalue weighted by Crippen LogP contribution is 2.28. The summed E-state index contributed by atoms with van der Waals surface area (Å²) in [6.45, 7) is 4.81. The first-order valence-electron chi connectivity index (χ1n) is 6.04. The van der Waals surface area contributed by atoms with Crippen molar-refractivity contribution < 1.29 is 9.84 Å². The fourth-order valence-corrected chi connectivity index (χ4v) is 2.67. The van der Waals surface area contributed by atoms with Gasteiger partial charge in [0.15, 0.2) is 0 Å². The highest BCUT2D eigenvalue weighted by molar-refractivity contribution is 5.50. The van der Waals surface area contributed by atoms with Gasteiger partial charge in [-0.05, 0) is 13.3 Å². The molecule has 2 rings (SSSR count). The highest BCUT2D eigenvalue weighted by Gasteiger charge is 2.27. The van der Waals surface area contributed by atoms with Crippen LogP contribution in [0.3, 0.4) is 0 Å². The average Bonchev–Trinajstić information content (AvgIpc) is 2.83. The molecule has 5 nitrogen and oxygen atoms in total. The number of methoxy groups -OCH3 is 1. The SMILES string of the molecule is COCC1CCN(c2c(CO)c(C)nn2C)C1. The lowest BCUT2D eigenvalue weighted by Gasteiger charge is -2.20. The predicted molar refractivity (Wildman–Crippen MR) is 66.1 cm³/mol. The predicted octanol–water partition coefficient (Wildman–Crippen LogP) is 0.694. The van der Waals surface area contributed by atoms with Gasteiger partial charge in [-0.15, -0.1) is 0 Å². The van der Waals surface area contributed by atoms with Crippen LogP contribution in [-0.4, -0.2) is 41.7 Å². The number of anilines is 1. The van der Waals surface area contributed by atoms with Crippen molar-refractivity contribution >= 4 is 5.82 Å². The van der Waals surface area contributed by atoms with Gasteiger partial charge >= 0.3 is 0 Å². The molecule has 1 aliphatic heterocycles. The van der Waals surface area contributed by atoms with E-state index in [-0.39, 0.29) is 6.61 Å². The summed E-state index contributed by atoms with van der Waals surface area (Å²) >= 11 is 0. The summed E-state index contributed by atoms with van der Waals surface area (Å²) in [5.74, 6) is 1.64. The zero-order chi connectivity index (χ0) is 12.4. The van der Waals surface area contributed by atoms with Gasteiger partial charge in [-0.25, -0.2) is 0 Å². The molecule has 1 aromatic heterocycles. The summed E-state index contributed by atoms with van der Waals surface area (Å²) in [7, 11) is 3.68. The molecule has 1 N–H and O–H groups in total. The minimum atomic E-state index is 0.0560. The molecule has 1 atom stereocenters. The number of aliphatic hydroxyl groups is 1. The fourth-order valence-electron chi connectivity index (χ4n) is 2.67. The van der Waals surface area contributed by atoms with Crippen LogP contribution in [0.2, 0.25) is 0 Å². The van der Waals surface area contributed by atoms with E-state index in [1.54, 1.807) is 7.11 Å². The van der Waals surface area contributed by atoms with Gasteiger partial charge in [0, 0.05) is 38.7 Å². The standard InChI is InChI=1S/C12H21N3O2/c1-9-11(7-16)12(14(2)13-9)15-5-4-10(6-15)8-17-3/h10,16H,4-8H2,1-3H3. The fraction of sp³-hybridized carbons (Fsp3) is 0.750. The number of ether oxygens (including phenoxy) is 1. The lowest BCUT2D eigenvalue weighted by atomic mass is 10.1. The summed E-state index contributed by atoms with van der Waals surface area (Å²) in [6.07, 6.45) is 1.14. The molecule has 1 unspecified atom stereocenters. The van der Waals surface area contributed by atoms with E-state index in [1.807, 2.05) is 18.7 Å². The third-order valence-electron chi connectivity index (χ3n) is 3.46. The number of hydrogen-bond donors (Lipinski definition) is 1. The minimum Gasteiger partial charge on any atom is -0.391 e. The molecule has 2 heterocycles. The van der Waals surface area contributed by atoms with Crippen LogP contribution in [-0.2, 0) is 18.4 Å². The molecular weight excluding hydrogens is 218 g/mol. The van der Waals surface area contributed by atoms with Crippen molar-refractivity contribution in [3.8, 4) is 0 Å². The summed E-state index contributed by atoms with van der Waals surface area (Å²) in [4.78, 5) is 2.30. The third kappa shape index (κ3) is 2.30. The number of rotatable bonds is 4. The lowest BCUT2D eigenvalue weighted by Crippen LogP contribution is -2.24. The monoisotopic (exact) mass is 239 g/mol. The third-order valence-corrected chi connectivity index (χ3v) is 3.46. The first kappa shape index (κ1) is 12.4. The number of aliphatic hydroxyl groups excluding tert-OH is 1. The minimum absolute atomic E-state index is 0.0560. The molecule has 96 valence electrons. The quantitative estimate of drug-likeness (QED) is 0.840. The first-order chi connectivity index (χ1) is 8.17. The van der Waals surface area contributed by atoms with Crippen molar-refractivity contribution in [2.24, 2.45) is 13.0 Å². The number of aryl methyl sites for hydroxylation is 2. The molecule has 0 bridgehead atoms. The molecule has 0 radical (unpaired) electrons. The summed E-state index contributed by atoms with van der Waals surface area (Å²) in [6, 6.07) is 0. The van der Waals surface area contributed by atoms with Crippen molar-refractivity contribution in [1.29, 1.82) is 0 Å². The van der Waals surface area contributed by atoms with Gasteiger partial charge in [0.2, 0.25) is 0 Å². The van der Waals surface area contributed by atoms with Gasteiger partial charge in [-0.3, -0.25) is 4.68 Å². The molecule has 1 aromatic rings. The van der Waals surface area contributed by atoms with E-state index in [9.17, 15) is 5.11 Å². The Balaban J connectivity index is 2.18. The van der Waals surface area contributed by atoms with Crippen LogP contribution in [0.15, 0.2) is 0 Å². The molecule has 1 saturated heterocycles. The van der Waals surface area contributed by atoms with Crippen LogP contribution in [0.5, 0.6) is 0 Å². The molecule has 17 heavy (non-hydrogen) atoms. The zero-order valence-corrected chi connectivity index (χ0v) is 10.8. The molecule has 5 heteroatoms. The Labute approximate surface area is 102 Å². The molecule has 1 fully saturated rings. The van der Waals surface area contributed by atoms with Gasteiger partial charge in [0.1, 0.15) is 5.82 Å². The first-order valence-corrected chi connectivity index (χ1v) is 6.04. The van der Waals surface area contributed by atoms with Crippen molar-refractivity contribution in [3.63, 3.8) is 0 Å². The van der Waals surface area contributed by atoms with Crippen LogP contribution in [0.25, 0.3) is 0 Å². The van der Waals surface area contributed by atoms with Crippen LogP contribution in [0, 0.1) is 12.8 Å². The summed E-state index contributed by atoms with van der Waals surface area (Å²) in [5, 5.41) is 13.8. The molecule has 1 aliphatic rings. The van der Waals surface area contributed by atoms with E-state index in [0.29, 0.717) is 5.92 Å². The Bertz CT molecular complexity index is 389. The molecule has 0 aromatic carbocycles. The van der Waals surface area contributed by atoms with E-state index in [0.717, 1.165) is 43.2 Å². The second-order valence-corrected chi connectivity index (χ2v) is 4.73. The van der Waals surface area contributed by atoms with Crippen LogP contribution >= 0.6 is 0 Å². The van der Waals surface area contributed by atoms with Crippen LogP contribution < -0.4 is 4.90 Å². The number of aromatic nitrogens is 2. The van der Waals surface area contributed by atoms with Gasteiger partial charge in [-0.1, -0.05) is 0 Å². The molecule has 0 aliphatic carbocycles. The maximum Gasteiger partial charge on any atom is 0.132 e. The van der Waals surface area contributed by atoms with E-state index < -0.39 is 0 Å². The van der Waals surface area contributed by atoms with Gasteiger partial charge in [0.25, 0.3) is 0 Å². The topological polar surface area (TPSA) is 50.5 Å². The lowest BCUT2D eigenvalue weighted by molar-refractivity contribution is 0.161. The van der Waals surface area contributed by atoms with Crippen molar-refractivity contribution in [2.75, 3.05) is 31.7 Å². The van der Waals surface area contributed by atoms with E-state index in [1.165, 1.54) is 0 Å². The highest BCUT2D eigenvalue weighted by atomic mass is 16.5. The van der Waals surface area contributed by atoms with Gasteiger partial charge in [0.05, 0.1) is 18.9 Å². The van der Waals surface area contributed by atoms with E-state index >= 15 is 0 Å². The molecule has 0 amide bonds. The molecule has 0 spiro atoms. The van der Waals surface area contributed by atoms with Crippen molar-refractivity contribution in [1.82, 2.24) is 9.78 Å². The maximum atomic E-state index is 9.44. The smallest absolute Gasteiger partial charge is 0.132 e. The van der Waals surface area contributed by atoms with Gasteiger partial charge < -0.3 is 14.7 Å². The Morgan fingerprint density at radius 2 is 2.29 bits per heavy atom. The summed E-state index contributed by atoms with van der Waals surface area (Å²) in [5.41, 5.74) is 1.87. The van der Waals surface area contributed by atoms with Crippen molar-refractivity contribution in [3.05, 3.63) is 11.3 Å². The number of hydrogen-bond acceptors (Lipinski definition) is 4. The van der Waals surface area contributed by atoms with Crippen LogP contribution in [0.1, 0.15) is 17.7 Å². The summed E-state index contributed by atoms with van der Waals surface area (Å²) < 4.78 is 7.07. The largest absolute Gasteiger partial charge is 0.391 e. The second-order valence-electron chi connectivity index (χ2n) is 4.73. The second kappa shape index (κ2) is 5.06. The Morgan fingerprint density at radius 3 is 2.94 bits per heavy atom.